The standard InChI is InChI=1S/C10H17NO5/c1-5(6(2)9(13)14)8(12)11-7(3)10(15)16-4/h5-7H,1-4H3,(H,11,12)(H,13,14). The first-order chi connectivity index (χ1) is 7.31. The van der Waals surface area contributed by atoms with E-state index >= 15 is 0 Å². The third-order valence-electron chi connectivity index (χ3n) is 2.47. The van der Waals surface area contributed by atoms with Crippen LogP contribution in [0, 0.1) is 11.8 Å². The highest BCUT2D eigenvalue weighted by atomic mass is 16.5. The molecule has 0 radical (unpaired) electrons. The molecule has 1 amide bonds. The molecule has 0 aliphatic heterocycles. The smallest absolute Gasteiger partial charge is 0.328 e. The van der Waals surface area contributed by atoms with Gasteiger partial charge in [0, 0.05) is 5.92 Å². The van der Waals surface area contributed by atoms with Crippen molar-refractivity contribution in [2.75, 3.05) is 7.11 Å². The third-order valence-corrected chi connectivity index (χ3v) is 2.47. The van der Waals surface area contributed by atoms with E-state index in [-0.39, 0.29) is 0 Å². The molecule has 0 bridgehead atoms. The quantitative estimate of drug-likeness (QED) is 0.651. The summed E-state index contributed by atoms with van der Waals surface area (Å²) in [5, 5.41) is 11.1. The molecular weight excluding hydrogens is 214 g/mol. The van der Waals surface area contributed by atoms with Crippen molar-refractivity contribution in [3.63, 3.8) is 0 Å². The van der Waals surface area contributed by atoms with Crippen molar-refractivity contribution in [1.29, 1.82) is 0 Å². The number of carbonyl (C=O) groups is 3. The highest BCUT2D eigenvalue weighted by Crippen LogP contribution is 2.11. The molecule has 0 fully saturated rings. The van der Waals surface area contributed by atoms with Crippen LogP contribution < -0.4 is 5.32 Å². The molecule has 0 saturated heterocycles. The number of hydrogen-bond donors (Lipinski definition) is 2. The van der Waals surface area contributed by atoms with Gasteiger partial charge in [-0.1, -0.05) is 13.8 Å². The third kappa shape index (κ3) is 3.88. The van der Waals surface area contributed by atoms with Gasteiger partial charge in [0.25, 0.3) is 0 Å². The van der Waals surface area contributed by atoms with Crippen LogP contribution in [0.1, 0.15) is 20.8 Å². The minimum absolute atomic E-state index is 0.479. The van der Waals surface area contributed by atoms with Crippen LogP contribution in [0.25, 0.3) is 0 Å². The second kappa shape index (κ2) is 6.09. The van der Waals surface area contributed by atoms with Crippen molar-refractivity contribution in [2.45, 2.75) is 26.8 Å². The Kier molecular flexibility index (Phi) is 5.49. The highest BCUT2D eigenvalue weighted by Gasteiger charge is 2.27. The molecule has 0 spiro atoms. The Hall–Kier alpha value is -1.59. The maximum Gasteiger partial charge on any atom is 0.328 e. The first kappa shape index (κ1) is 14.4. The van der Waals surface area contributed by atoms with Crippen molar-refractivity contribution < 1.29 is 24.2 Å². The fourth-order valence-electron chi connectivity index (χ4n) is 1.02. The largest absolute Gasteiger partial charge is 0.481 e. The minimum atomic E-state index is -1.05. The van der Waals surface area contributed by atoms with Crippen LogP contribution in [0.5, 0.6) is 0 Å². The summed E-state index contributed by atoms with van der Waals surface area (Å²) < 4.78 is 4.43. The molecule has 0 aromatic rings. The Balaban J connectivity index is 4.36. The molecule has 6 heteroatoms. The molecule has 0 aromatic heterocycles. The number of nitrogens with one attached hydrogen (secondary N) is 1. The van der Waals surface area contributed by atoms with E-state index in [1.807, 2.05) is 0 Å². The van der Waals surface area contributed by atoms with E-state index in [2.05, 4.69) is 10.1 Å². The zero-order valence-corrected chi connectivity index (χ0v) is 9.81. The molecule has 0 saturated carbocycles. The van der Waals surface area contributed by atoms with Gasteiger partial charge in [-0.25, -0.2) is 4.79 Å². The molecule has 0 heterocycles. The molecule has 16 heavy (non-hydrogen) atoms. The zero-order valence-electron chi connectivity index (χ0n) is 9.81. The fraction of sp³-hybridized carbons (Fsp3) is 0.700. The second-order valence-corrected chi connectivity index (χ2v) is 3.67. The van der Waals surface area contributed by atoms with E-state index in [9.17, 15) is 14.4 Å². The summed E-state index contributed by atoms with van der Waals surface area (Å²) >= 11 is 0. The average Bonchev–Trinajstić information content (AvgIpc) is 2.25. The Morgan fingerprint density at radius 3 is 2.00 bits per heavy atom. The Labute approximate surface area is 94.0 Å². The van der Waals surface area contributed by atoms with Gasteiger partial charge in [-0.2, -0.15) is 0 Å². The molecule has 6 nitrogen and oxygen atoms in total. The number of ether oxygens (including phenoxy) is 1. The Bertz CT molecular complexity index is 289. The van der Waals surface area contributed by atoms with E-state index in [0.717, 1.165) is 0 Å². The summed E-state index contributed by atoms with van der Waals surface area (Å²) in [7, 11) is 1.22. The number of methoxy groups -OCH3 is 1. The molecule has 92 valence electrons. The van der Waals surface area contributed by atoms with Crippen LogP contribution in [0.4, 0.5) is 0 Å². The van der Waals surface area contributed by atoms with Gasteiger partial charge in [-0.15, -0.1) is 0 Å². The Morgan fingerprint density at radius 1 is 1.12 bits per heavy atom. The van der Waals surface area contributed by atoms with Gasteiger partial charge < -0.3 is 15.2 Å². The molecule has 0 aliphatic rings. The SMILES string of the molecule is COC(=O)C(C)NC(=O)C(C)C(C)C(=O)O. The second-order valence-electron chi connectivity index (χ2n) is 3.67. The lowest BCUT2D eigenvalue weighted by Crippen LogP contribution is -2.43. The maximum atomic E-state index is 11.5. The minimum Gasteiger partial charge on any atom is -0.481 e. The van der Waals surface area contributed by atoms with Crippen LogP contribution in [0.3, 0.4) is 0 Å². The molecule has 0 aromatic carbocycles. The van der Waals surface area contributed by atoms with Crippen molar-refractivity contribution >= 4 is 17.8 Å². The maximum absolute atomic E-state index is 11.5. The predicted octanol–water partition coefficient (Wildman–Crippen LogP) is 0.0209. The van der Waals surface area contributed by atoms with Crippen molar-refractivity contribution in [1.82, 2.24) is 5.32 Å². The molecule has 0 rings (SSSR count). The summed E-state index contributed by atoms with van der Waals surface area (Å²) in [6.07, 6.45) is 0. The normalized spacial score (nSPS) is 15.8. The monoisotopic (exact) mass is 231 g/mol. The van der Waals surface area contributed by atoms with E-state index in [1.54, 1.807) is 0 Å². The topological polar surface area (TPSA) is 92.7 Å². The van der Waals surface area contributed by atoms with Crippen LogP contribution >= 0.6 is 0 Å². The number of carboxylic acids is 1. The van der Waals surface area contributed by atoms with Gasteiger partial charge >= 0.3 is 11.9 Å². The molecule has 0 aliphatic carbocycles. The molecule has 2 N–H and O–H groups in total. The van der Waals surface area contributed by atoms with Gasteiger partial charge in [-0.3, -0.25) is 9.59 Å². The van der Waals surface area contributed by atoms with Gasteiger partial charge in [0.1, 0.15) is 6.04 Å². The fourth-order valence-corrected chi connectivity index (χ4v) is 1.02. The summed E-state index contributed by atoms with van der Waals surface area (Å²) in [4.78, 5) is 33.2. The summed E-state index contributed by atoms with van der Waals surface area (Å²) in [6.45, 7) is 4.41. The Morgan fingerprint density at radius 2 is 1.62 bits per heavy atom. The first-order valence-electron chi connectivity index (χ1n) is 4.92. The zero-order chi connectivity index (χ0) is 12.9. The molecule has 3 unspecified atom stereocenters. The van der Waals surface area contributed by atoms with E-state index in [1.165, 1.54) is 27.9 Å². The lowest BCUT2D eigenvalue weighted by Gasteiger charge is -2.18. The summed E-state index contributed by atoms with van der Waals surface area (Å²) in [5.74, 6) is -3.60. The van der Waals surface area contributed by atoms with Gasteiger partial charge in [0.15, 0.2) is 0 Å². The number of amides is 1. The number of rotatable bonds is 5. The van der Waals surface area contributed by atoms with Crippen molar-refractivity contribution in [2.24, 2.45) is 11.8 Å². The van der Waals surface area contributed by atoms with E-state index < -0.39 is 35.7 Å². The van der Waals surface area contributed by atoms with Crippen LogP contribution in [-0.4, -0.2) is 36.1 Å². The van der Waals surface area contributed by atoms with Crippen molar-refractivity contribution in [3.8, 4) is 0 Å². The summed E-state index contributed by atoms with van der Waals surface area (Å²) in [5.41, 5.74) is 0. The number of esters is 1. The number of carbonyl (C=O) groups excluding carboxylic acids is 2. The van der Waals surface area contributed by atoms with Gasteiger partial charge in [-0.05, 0) is 6.92 Å². The predicted molar refractivity (Wildman–Crippen MR) is 55.6 cm³/mol. The van der Waals surface area contributed by atoms with E-state index in [0.29, 0.717) is 0 Å². The molecular formula is C10H17NO5. The van der Waals surface area contributed by atoms with Crippen LogP contribution in [0.15, 0.2) is 0 Å². The van der Waals surface area contributed by atoms with Gasteiger partial charge in [0.05, 0.1) is 13.0 Å². The average molecular weight is 231 g/mol. The van der Waals surface area contributed by atoms with E-state index in [4.69, 9.17) is 5.11 Å². The number of aliphatic carboxylic acids is 1. The highest BCUT2D eigenvalue weighted by molar-refractivity contribution is 5.88. The lowest BCUT2D eigenvalue weighted by atomic mass is 9.95. The van der Waals surface area contributed by atoms with Crippen LogP contribution in [-0.2, 0) is 19.1 Å². The first-order valence-corrected chi connectivity index (χ1v) is 4.92. The van der Waals surface area contributed by atoms with Crippen LogP contribution in [0.2, 0.25) is 0 Å². The number of carboxylic acid groups (broad SMARTS) is 1. The lowest BCUT2D eigenvalue weighted by molar-refractivity contribution is -0.147. The molecule has 3 atom stereocenters. The number of hydrogen-bond acceptors (Lipinski definition) is 4. The van der Waals surface area contributed by atoms with Gasteiger partial charge in [0.2, 0.25) is 5.91 Å². The summed E-state index contributed by atoms with van der Waals surface area (Å²) in [6, 6.07) is -0.777. The van der Waals surface area contributed by atoms with Crippen molar-refractivity contribution in [3.05, 3.63) is 0 Å².